The lowest BCUT2D eigenvalue weighted by Gasteiger charge is -2.42. The molecule has 3 atom stereocenters. The number of hydrogen-bond acceptors (Lipinski definition) is 3. The monoisotopic (exact) mass is 173 g/mol. The number of likely N-dealkylation sites (N-methyl/N-ethyl adjacent to an activating group) is 1. The summed E-state index contributed by atoms with van der Waals surface area (Å²) in [7, 11) is 3.71. The molecule has 0 aromatic rings. The van der Waals surface area contributed by atoms with E-state index in [1.807, 2.05) is 7.05 Å². The summed E-state index contributed by atoms with van der Waals surface area (Å²) in [4.78, 5) is 0. The van der Waals surface area contributed by atoms with E-state index in [1.54, 1.807) is 7.11 Å². The molecule has 0 aromatic carbocycles. The van der Waals surface area contributed by atoms with Crippen LogP contribution < -0.4 is 5.32 Å². The number of hydrogen-bond donors (Lipinski definition) is 1. The normalized spacial score (nSPS) is 34.8. The van der Waals surface area contributed by atoms with Gasteiger partial charge in [0.15, 0.2) is 0 Å². The summed E-state index contributed by atoms with van der Waals surface area (Å²) in [6.07, 6.45) is 2.72. The van der Waals surface area contributed by atoms with E-state index in [2.05, 4.69) is 12.2 Å². The number of ether oxygens (including phenoxy) is 2. The zero-order valence-electron chi connectivity index (χ0n) is 8.17. The Kier molecular flexibility index (Phi) is 3.98. The van der Waals surface area contributed by atoms with Crippen molar-refractivity contribution in [3.63, 3.8) is 0 Å². The van der Waals surface area contributed by atoms with E-state index in [-0.39, 0.29) is 6.10 Å². The fraction of sp³-hybridized carbons (Fsp3) is 1.00. The molecular weight excluding hydrogens is 154 g/mol. The van der Waals surface area contributed by atoms with Gasteiger partial charge in [0.2, 0.25) is 0 Å². The van der Waals surface area contributed by atoms with Crippen molar-refractivity contribution in [1.29, 1.82) is 0 Å². The van der Waals surface area contributed by atoms with E-state index in [4.69, 9.17) is 9.47 Å². The number of nitrogens with one attached hydrogen (secondary N) is 1. The lowest BCUT2D eigenvalue weighted by Crippen LogP contribution is -2.58. The summed E-state index contributed by atoms with van der Waals surface area (Å²) in [5, 5.41) is 3.20. The third-order valence-electron chi connectivity index (χ3n) is 2.43. The molecule has 0 bridgehead atoms. The van der Waals surface area contributed by atoms with Crippen LogP contribution >= 0.6 is 0 Å². The Balaban J connectivity index is 2.21. The summed E-state index contributed by atoms with van der Waals surface area (Å²) in [6, 6.07) is 0.483. The van der Waals surface area contributed by atoms with Crippen LogP contribution in [-0.4, -0.2) is 39.0 Å². The Morgan fingerprint density at radius 1 is 1.50 bits per heavy atom. The van der Waals surface area contributed by atoms with Crippen LogP contribution in [0.4, 0.5) is 0 Å². The first-order valence-electron chi connectivity index (χ1n) is 4.65. The Bertz CT molecular complexity index is 128. The van der Waals surface area contributed by atoms with Crippen molar-refractivity contribution in [1.82, 2.24) is 5.32 Å². The molecule has 3 nitrogen and oxygen atoms in total. The predicted octanol–water partition coefficient (Wildman–Crippen LogP) is 0.788. The summed E-state index contributed by atoms with van der Waals surface area (Å²) >= 11 is 0. The molecule has 1 fully saturated rings. The van der Waals surface area contributed by atoms with Gasteiger partial charge in [0.1, 0.15) is 0 Å². The van der Waals surface area contributed by atoms with Gasteiger partial charge in [-0.25, -0.2) is 0 Å². The van der Waals surface area contributed by atoms with Crippen molar-refractivity contribution < 1.29 is 9.47 Å². The number of rotatable bonds is 5. The van der Waals surface area contributed by atoms with E-state index in [1.165, 1.54) is 0 Å². The van der Waals surface area contributed by atoms with Crippen molar-refractivity contribution in [3.05, 3.63) is 0 Å². The Hall–Kier alpha value is -0.120. The molecule has 3 unspecified atom stereocenters. The zero-order valence-corrected chi connectivity index (χ0v) is 8.17. The molecule has 12 heavy (non-hydrogen) atoms. The summed E-state index contributed by atoms with van der Waals surface area (Å²) < 4.78 is 10.9. The van der Waals surface area contributed by atoms with Crippen LogP contribution in [0.5, 0.6) is 0 Å². The molecule has 1 N–H and O–H groups in total. The first-order chi connectivity index (χ1) is 5.83. The van der Waals surface area contributed by atoms with Gasteiger partial charge < -0.3 is 14.8 Å². The molecule has 1 saturated carbocycles. The number of methoxy groups -OCH3 is 1. The minimum absolute atomic E-state index is 0.251. The van der Waals surface area contributed by atoms with E-state index < -0.39 is 0 Å². The van der Waals surface area contributed by atoms with Gasteiger partial charge in [-0.15, -0.1) is 0 Å². The molecule has 1 aliphatic carbocycles. The highest BCUT2D eigenvalue weighted by atomic mass is 16.5. The van der Waals surface area contributed by atoms with Crippen LogP contribution in [0.25, 0.3) is 0 Å². The van der Waals surface area contributed by atoms with Gasteiger partial charge in [-0.2, -0.15) is 0 Å². The third kappa shape index (κ3) is 1.97. The smallest absolute Gasteiger partial charge is 0.0986 e. The molecule has 0 radical (unpaired) electrons. The highest BCUT2D eigenvalue weighted by molar-refractivity contribution is 4.96. The van der Waals surface area contributed by atoms with Crippen molar-refractivity contribution >= 4 is 0 Å². The quantitative estimate of drug-likeness (QED) is 0.666. The molecule has 0 heterocycles. The first-order valence-corrected chi connectivity index (χ1v) is 4.65. The molecule has 0 amide bonds. The predicted molar refractivity (Wildman–Crippen MR) is 48.3 cm³/mol. The van der Waals surface area contributed by atoms with Gasteiger partial charge in [-0.05, 0) is 19.9 Å². The maximum atomic E-state index is 5.60. The van der Waals surface area contributed by atoms with Crippen LogP contribution in [0.15, 0.2) is 0 Å². The van der Waals surface area contributed by atoms with Crippen LogP contribution in [0.1, 0.15) is 19.8 Å². The molecule has 0 aromatic heterocycles. The second-order valence-electron chi connectivity index (χ2n) is 3.24. The average Bonchev–Trinajstić information content (AvgIpc) is 2.04. The van der Waals surface area contributed by atoms with Gasteiger partial charge in [0.25, 0.3) is 0 Å². The van der Waals surface area contributed by atoms with Crippen LogP contribution in [0.2, 0.25) is 0 Å². The van der Waals surface area contributed by atoms with E-state index in [0.717, 1.165) is 19.4 Å². The molecule has 0 saturated heterocycles. The molecule has 1 aliphatic rings. The maximum absolute atomic E-state index is 5.60. The topological polar surface area (TPSA) is 30.5 Å². The fourth-order valence-corrected chi connectivity index (χ4v) is 1.61. The molecule has 1 rings (SSSR count). The second-order valence-corrected chi connectivity index (χ2v) is 3.24. The van der Waals surface area contributed by atoms with E-state index in [9.17, 15) is 0 Å². The Morgan fingerprint density at radius 2 is 2.25 bits per heavy atom. The molecule has 72 valence electrons. The van der Waals surface area contributed by atoms with Gasteiger partial charge in [-0.1, -0.05) is 6.92 Å². The fourth-order valence-electron chi connectivity index (χ4n) is 1.61. The minimum atomic E-state index is 0.251. The molecule has 3 heteroatoms. The van der Waals surface area contributed by atoms with Crippen molar-refractivity contribution in [2.24, 2.45) is 0 Å². The van der Waals surface area contributed by atoms with Gasteiger partial charge in [-0.3, -0.25) is 0 Å². The lowest BCUT2D eigenvalue weighted by molar-refractivity contribution is -0.132. The van der Waals surface area contributed by atoms with E-state index in [0.29, 0.717) is 12.1 Å². The summed E-state index contributed by atoms with van der Waals surface area (Å²) in [6.45, 7) is 2.97. The third-order valence-corrected chi connectivity index (χ3v) is 2.43. The lowest BCUT2D eigenvalue weighted by atomic mass is 9.85. The first kappa shape index (κ1) is 9.96. The van der Waals surface area contributed by atoms with Crippen LogP contribution in [0.3, 0.4) is 0 Å². The summed E-state index contributed by atoms with van der Waals surface area (Å²) in [5.74, 6) is 0. The SMILES string of the molecule is CCCOC1CC(NC)C1OC. The zero-order chi connectivity index (χ0) is 8.97. The second kappa shape index (κ2) is 4.80. The van der Waals surface area contributed by atoms with Crippen LogP contribution in [0, 0.1) is 0 Å². The van der Waals surface area contributed by atoms with Crippen molar-refractivity contribution in [3.8, 4) is 0 Å². The molecule has 0 spiro atoms. The Morgan fingerprint density at radius 3 is 2.75 bits per heavy atom. The maximum Gasteiger partial charge on any atom is 0.0986 e. The van der Waals surface area contributed by atoms with Gasteiger partial charge >= 0.3 is 0 Å². The van der Waals surface area contributed by atoms with E-state index >= 15 is 0 Å². The van der Waals surface area contributed by atoms with Crippen molar-refractivity contribution in [2.75, 3.05) is 20.8 Å². The molecular formula is C9H19NO2. The van der Waals surface area contributed by atoms with Gasteiger partial charge in [0, 0.05) is 19.8 Å². The average molecular weight is 173 g/mol. The minimum Gasteiger partial charge on any atom is -0.377 e. The highest BCUT2D eigenvalue weighted by Gasteiger charge is 2.40. The highest BCUT2D eigenvalue weighted by Crippen LogP contribution is 2.26. The molecule has 0 aliphatic heterocycles. The standard InChI is InChI=1S/C9H19NO2/c1-4-5-12-8-6-7(10-2)9(8)11-3/h7-10H,4-6H2,1-3H3. The Labute approximate surface area is 74.4 Å². The van der Waals surface area contributed by atoms with Crippen LogP contribution in [-0.2, 0) is 9.47 Å². The van der Waals surface area contributed by atoms with Crippen molar-refractivity contribution in [2.45, 2.75) is 38.0 Å². The van der Waals surface area contributed by atoms with Gasteiger partial charge in [0.05, 0.1) is 12.2 Å². The largest absolute Gasteiger partial charge is 0.377 e. The summed E-state index contributed by atoms with van der Waals surface area (Å²) in [5.41, 5.74) is 0.